The highest BCUT2D eigenvalue weighted by atomic mass is 32.1. The normalized spacial score (nSPS) is 15.7. The van der Waals surface area contributed by atoms with Gasteiger partial charge in [0.1, 0.15) is 5.00 Å². The number of carbonyl (C=O) groups excluding carboxylic acids is 2. The van der Waals surface area contributed by atoms with Crippen molar-refractivity contribution in [2.75, 3.05) is 11.9 Å². The lowest BCUT2D eigenvalue weighted by Gasteiger charge is -2.12. The number of ether oxygens (including phenoxy) is 1. The minimum atomic E-state index is -0.394. The van der Waals surface area contributed by atoms with Crippen molar-refractivity contribution in [3.05, 3.63) is 16.5 Å². The summed E-state index contributed by atoms with van der Waals surface area (Å²) in [6.45, 7) is 5.90. The van der Waals surface area contributed by atoms with Crippen molar-refractivity contribution in [1.82, 2.24) is 5.32 Å². The van der Waals surface area contributed by atoms with Crippen molar-refractivity contribution in [3.8, 4) is 0 Å². The summed E-state index contributed by atoms with van der Waals surface area (Å²) < 4.78 is 5.00. The number of aryl methyl sites for hydroxylation is 1. The number of anilines is 1. The molecule has 0 aromatic carbocycles. The van der Waals surface area contributed by atoms with Crippen LogP contribution in [0.15, 0.2) is 5.38 Å². The Labute approximate surface area is 116 Å². The van der Waals surface area contributed by atoms with E-state index in [0.717, 1.165) is 18.4 Å². The van der Waals surface area contributed by atoms with E-state index >= 15 is 0 Å². The van der Waals surface area contributed by atoms with Crippen LogP contribution < -0.4 is 10.6 Å². The molecule has 0 aliphatic heterocycles. The van der Waals surface area contributed by atoms with Crippen LogP contribution in [0.5, 0.6) is 0 Å². The van der Waals surface area contributed by atoms with Gasteiger partial charge < -0.3 is 10.1 Å². The minimum absolute atomic E-state index is 0.0829. The summed E-state index contributed by atoms with van der Waals surface area (Å²) in [6, 6.07) is -0.271. The third-order valence-corrected chi connectivity index (χ3v) is 4.11. The highest BCUT2D eigenvalue weighted by Crippen LogP contribution is 2.34. The van der Waals surface area contributed by atoms with Crippen LogP contribution in [-0.4, -0.2) is 24.1 Å². The molecule has 1 aliphatic rings. The van der Waals surface area contributed by atoms with Crippen LogP contribution in [0.3, 0.4) is 0 Å². The number of hydrogen-bond donors (Lipinski definition) is 2. The van der Waals surface area contributed by atoms with Gasteiger partial charge in [-0.25, -0.2) is 9.59 Å². The Hall–Kier alpha value is -1.56. The van der Waals surface area contributed by atoms with Gasteiger partial charge in [-0.3, -0.25) is 5.32 Å². The lowest BCUT2D eigenvalue weighted by atomic mass is 10.2. The van der Waals surface area contributed by atoms with Crippen molar-refractivity contribution in [2.45, 2.75) is 39.2 Å². The van der Waals surface area contributed by atoms with E-state index < -0.39 is 5.97 Å². The zero-order valence-electron chi connectivity index (χ0n) is 11.3. The Morgan fingerprint density at radius 3 is 2.74 bits per heavy atom. The molecule has 2 amide bonds. The summed E-state index contributed by atoms with van der Waals surface area (Å²) in [4.78, 5) is 23.7. The lowest BCUT2D eigenvalue weighted by Crippen LogP contribution is -2.37. The molecular weight excluding hydrogens is 264 g/mol. The number of rotatable bonds is 4. The van der Waals surface area contributed by atoms with E-state index in [1.807, 2.05) is 19.2 Å². The Balaban J connectivity index is 2.07. The molecule has 19 heavy (non-hydrogen) atoms. The largest absolute Gasteiger partial charge is 0.462 e. The average Bonchev–Trinajstić information content (AvgIpc) is 2.92. The van der Waals surface area contributed by atoms with Gasteiger partial charge in [0.2, 0.25) is 0 Å². The third-order valence-electron chi connectivity index (χ3n) is 3.10. The summed E-state index contributed by atoms with van der Waals surface area (Å²) in [5.74, 6) is -0.394. The summed E-state index contributed by atoms with van der Waals surface area (Å²) >= 11 is 1.33. The van der Waals surface area contributed by atoms with E-state index in [4.69, 9.17) is 4.74 Å². The number of nitrogens with one attached hydrogen (secondary N) is 2. The lowest BCUT2D eigenvalue weighted by molar-refractivity contribution is 0.0527. The maximum absolute atomic E-state index is 11.8. The molecule has 5 nitrogen and oxygen atoms in total. The number of urea groups is 1. The van der Waals surface area contributed by atoms with Crippen LogP contribution in [0.25, 0.3) is 0 Å². The molecule has 104 valence electrons. The molecule has 0 radical (unpaired) electrons. The Kier molecular flexibility index (Phi) is 3.80. The van der Waals surface area contributed by atoms with Crippen molar-refractivity contribution in [1.29, 1.82) is 0 Å². The first-order valence-electron chi connectivity index (χ1n) is 6.29. The summed E-state index contributed by atoms with van der Waals surface area (Å²) in [5.41, 5.74) is 1.18. The third kappa shape index (κ3) is 3.26. The average molecular weight is 282 g/mol. The van der Waals surface area contributed by atoms with E-state index in [-0.39, 0.29) is 11.6 Å². The molecule has 1 aliphatic carbocycles. The molecule has 1 saturated carbocycles. The number of carbonyl (C=O) groups is 2. The van der Waals surface area contributed by atoms with Crippen LogP contribution in [0.1, 0.15) is 42.6 Å². The van der Waals surface area contributed by atoms with Crippen molar-refractivity contribution in [3.63, 3.8) is 0 Å². The van der Waals surface area contributed by atoms with Crippen LogP contribution in [0.2, 0.25) is 0 Å². The van der Waals surface area contributed by atoms with Gasteiger partial charge in [0.15, 0.2) is 0 Å². The molecule has 0 saturated heterocycles. The second-order valence-corrected chi connectivity index (χ2v) is 5.86. The number of amides is 2. The van der Waals surface area contributed by atoms with Crippen LogP contribution >= 0.6 is 11.3 Å². The summed E-state index contributed by atoms with van der Waals surface area (Å²) in [5, 5.41) is 8.00. The molecule has 0 unspecified atom stereocenters. The molecule has 1 aromatic rings. The quantitative estimate of drug-likeness (QED) is 0.834. The molecule has 1 fully saturated rings. The van der Waals surface area contributed by atoms with Gasteiger partial charge >= 0.3 is 12.0 Å². The fraction of sp³-hybridized carbons (Fsp3) is 0.538. The van der Waals surface area contributed by atoms with Gasteiger partial charge in [-0.15, -0.1) is 11.3 Å². The Morgan fingerprint density at radius 1 is 1.47 bits per heavy atom. The van der Waals surface area contributed by atoms with Gasteiger partial charge in [0, 0.05) is 5.54 Å². The molecule has 2 rings (SSSR count). The fourth-order valence-corrected chi connectivity index (χ4v) is 2.64. The Morgan fingerprint density at radius 2 is 2.16 bits per heavy atom. The van der Waals surface area contributed by atoms with Crippen LogP contribution in [0, 0.1) is 6.92 Å². The van der Waals surface area contributed by atoms with Crippen molar-refractivity contribution < 1.29 is 14.3 Å². The maximum atomic E-state index is 11.8. The van der Waals surface area contributed by atoms with E-state index in [9.17, 15) is 9.59 Å². The molecule has 6 heteroatoms. The smallest absolute Gasteiger partial charge is 0.341 e. The van der Waals surface area contributed by atoms with Crippen molar-refractivity contribution in [2.24, 2.45) is 0 Å². The van der Waals surface area contributed by atoms with Gasteiger partial charge in [-0.2, -0.15) is 0 Å². The second kappa shape index (κ2) is 5.21. The van der Waals surface area contributed by atoms with Gasteiger partial charge in [0.25, 0.3) is 0 Å². The van der Waals surface area contributed by atoms with Crippen molar-refractivity contribution >= 4 is 28.3 Å². The SMILES string of the molecule is CCOC(=O)c1c(C)csc1NC(=O)NC1(C)CC1. The predicted molar refractivity (Wildman–Crippen MR) is 74.8 cm³/mol. The highest BCUT2D eigenvalue weighted by Gasteiger charge is 2.38. The zero-order valence-corrected chi connectivity index (χ0v) is 12.1. The summed E-state index contributed by atoms with van der Waals surface area (Å²) in [7, 11) is 0. The number of esters is 1. The molecule has 0 atom stereocenters. The first-order valence-corrected chi connectivity index (χ1v) is 7.17. The number of hydrogen-bond acceptors (Lipinski definition) is 4. The molecule has 0 bridgehead atoms. The second-order valence-electron chi connectivity index (χ2n) is 4.98. The molecule has 1 aromatic heterocycles. The minimum Gasteiger partial charge on any atom is -0.462 e. The molecule has 2 N–H and O–H groups in total. The Bertz CT molecular complexity index is 506. The van der Waals surface area contributed by atoms with Crippen LogP contribution in [0.4, 0.5) is 9.80 Å². The van der Waals surface area contributed by atoms with Crippen LogP contribution in [-0.2, 0) is 4.74 Å². The topological polar surface area (TPSA) is 67.4 Å². The first kappa shape index (κ1) is 13.9. The van der Waals surface area contributed by atoms with E-state index in [0.29, 0.717) is 17.2 Å². The first-order chi connectivity index (χ1) is 8.95. The predicted octanol–water partition coefficient (Wildman–Crippen LogP) is 2.91. The monoisotopic (exact) mass is 282 g/mol. The summed E-state index contributed by atoms with van der Waals surface area (Å²) in [6.07, 6.45) is 1.99. The van der Waals surface area contributed by atoms with E-state index in [1.165, 1.54) is 11.3 Å². The molecular formula is C13H18N2O3S. The molecule has 0 spiro atoms. The standard InChI is InChI=1S/C13H18N2O3S/c1-4-18-11(16)9-8(2)7-19-10(9)14-12(17)15-13(3)5-6-13/h7H,4-6H2,1-3H3,(H2,14,15,17). The molecule has 1 heterocycles. The zero-order chi connectivity index (χ0) is 14.0. The fourth-order valence-electron chi connectivity index (χ4n) is 1.71. The van der Waals surface area contributed by atoms with E-state index in [2.05, 4.69) is 10.6 Å². The number of thiophene rings is 1. The van der Waals surface area contributed by atoms with Gasteiger partial charge in [0.05, 0.1) is 12.2 Å². The van der Waals surface area contributed by atoms with E-state index in [1.54, 1.807) is 6.92 Å². The maximum Gasteiger partial charge on any atom is 0.341 e. The van der Waals surface area contributed by atoms with Gasteiger partial charge in [-0.1, -0.05) is 0 Å². The van der Waals surface area contributed by atoms with Gasteiger partial charge in [-0.05, 0) is 44.6 Å². The highest BCUT2D eigenvalue weighted by molar-refractivity contribution is 7.15.